The second-order valence-electron chi connectivity index (χ2n) is 4.59. The summed E-state index contributed by atoms with van der Waals surface area (Å²) in [4.78, 5) is 9.17. The number of imidazole rings is 1. The van der Waals surface area contributed by atoms with Crippen LogP contribution in [0.4, 0.5) is 0 Å². The van der Waals surface area contributed by atoms with E-state index in [0.29, 0.717) is 6.54 Å². The van der Waals surface area contributed by atoms with E-state index >= 15 is 0 Å². The van der Waals surface area contributed by atoms with Crippen molar-refractivity contribution >= 4 is 22.4 Å². The quantitative estimate of drug-likeness (QED) is 0.797. The molecule has 0 radical (unpaired) electrons. The van der Waals surface area contributed by atoms with Gasteiger partial charge in [0.05, 0.1) is 21.7 Å². The monoisotopic (exact) mass is 272 g/mol. The smallest absolute Gasteiger partial charge is 0.106 e. The Kier molecular flexibility index (Phi) is 3.08. The number of benzene rings is 1. The van der Waals surface area contributed by atoms with Crippen molar-refractivity contribution in [2.24, 2.45) is 12.8 Å². The van der Waals surface area contributed by atoms with Gasteiger partial charge >= 0.3 is 0 Å². The van der Waals surface area contributed by atoms with Crippen LogP contribution in [-0.4, -0.2) is 21.1 Å². The Morgan fingerprint density at radius 3 is 2.95 bits per heavy atom. The summed E-state index contributed by atoms with van der Waals surface area (Å²) in [6.45, 7) is 2.66. The molecule has 0 saturated carbocycles. The predicted molar refractivity (Wildman–Crippen MR) is 79.3 cm³/mol. The number of aryl methyl sites for hydroxylation is 2. The summed E-state index contributed by atoms with van der Waals surface area (Å²) < 4.78 is 2.10. The Morgan fingerprint density at radius 1 is 1.32 bits per heavy atom. The summed E-state index contributed by atoms with van der Waals surface area (Å²) in [5.74, 6) is 1.02. The Labute approximate surface area is 115 Å². The number of hydrogen-bond acceptors (Lipinski definition) is 4. The third-order valence-electron chi connectivity index (χ3n) is 3.31. The van der Waals surface area contributed by atoms with Crippen LogP contribution in [-0.2, 0) is 13.5 Å². The normalized spacial score (nSPS) is 11.3. The van der Waals surface area contributed by atoms with E-state index in [1.807, 2.05) is 14.0 Å². The van der Waals surface area contributed by atoms with Crippen molar-refractivity contribution in [1.82, 2.24) is 14.5 Å². The Balaban J connectivity index is 2.04. The lowest BCUT2D eigenvalue weighted by atomic mass is 10.1. The van der Waals surface area contributed by atoms with E-state index in [-0.39, 0.29) is 0 Å². The van der Waals surface area contributed by atoms with Crippen LogP contribution in [0.25, 0.3) is 22.3 Å². The maximum absolute atomic E-state index is 5.56. The van der Waals surface area contributed by atoms with Crippen molar-refractivity contribution in [2.75, 3.05) is 6.54 Å². The lowest BCUT2D eigenvalue weighted by Crippen LogP contribution is -2.01. The predicted octanol–water partition coefficient (Wildman–Crippen LogP) is 2.51. The largest absolute Gasteiger partial charge is 0.331 e. The highest BCUT2D eigenvalue weighted by Crippen LogP contribution is 2.25. The summed E-state index contributed by atoms with van der Waals surface area (Å²) in [5.41, 5.74) is 9.86. The molecule has 0 unspecified atom stereocenters. The average Bonchev–Trinajstić information content (AvgIpc) is 2.96. The van der Waals surface area contributed by atoms with Gasteiger partial charge in [0.1, 0.15) is 5.82 Å². The topological polar surface area (TPSA) is 56.7 Å². The van der Waals surface area contributed by atoms with Gasteiger partial charge in [0.25, 0.3) is 0 Å². The van der Waals surface area contributed by atoms with Crippen LogP contribution in [0.3, 0.4) is 0 Å². The lowest BCUT2D eigenvalue weighted by molar-refractivity contribution is 0.886. The molecular formula is C14H16N4S. The Morgan fingerprint density at radius 2 is 2.16 bits per heavy atom. The van der Waals surface area contributed by atoms with Gasteiger partial charge in [-0.05, 0) is 25.6 Å². The molecular weight excluding hydrogens is 256 g/mol. The minimum atomic E-state index is 0.644. The zero-order valence-corrected chi connectivity index (χ0v) is 11.9. The number of thiazole rings is 1. The van der Waals surface area contributed by atoms with E-state index in [1.54, 1.807) is 11.3 Å². The SMILES string of the molecule is Cc1nc2cc(-c3csc(CCN)n3)ccc2n1C. The van der Waals surface area contributed by atoms with E-state index < -0.39 is 0 Å². The van der Waals surface area contributed by atoms with Crippen LogP contribution in [0.5, 0.6) is 0 Å². The first-order valence-corrected chi connectivity index (χ1v) is 7.15. The minimum Gasteiger partial charge on any atom is -0.331 e. The summed E-state index contributed by atoms with van der Waals surface area (Å²) in [6, 6.07) is 6.31. The first kappa shape index (κ1) is 12.3. The number of aromatic nitrogens is 3. The maximum Gasteiger partial charge on any atom is 0.106 e. The van der Waals surface area contributed by atoms with Crippen molar-refractivity contribution in [3.8, 4) is 11.3 Å². The molecule has 0 saturated heterocycles. The van der Waals surface area contributed by atoms with E-state index in [0.717, 1.165) is 39.5 Å². The van der Waals surface area contributed by atoms with Crippen molar-refractivity contribution in [3.63, 3.8) is 0 Å². The fraction of sp³-hybridized carbons (Fsp3) is 0.286. The zero-order chi connectivity index (χ0) is 13.4. The van der Waals surface area contributed by atoms with E-state index in [9.17, 15) is 0 Å². The maximum atomic E-state index is 5.56. The van der Waals surface area contributed by atoms with E-state index in [1.165, 1.54) is 0 Å². The number of nitrogens with two attached hydrogens (primary N) is 1. The van der Waals surface area contributed by atoms with Crippen LogP contribution >= 0.6 is 11.3 Å². The van der Waals surface area contributed by atoms with Gasteiger partial charge < -0.3 is 10.3 Å². The Hall–Kier alpha value is -1.72. The van der Waals surface area contributed by atoms with Crippen molar-refractivity contribution in [2.45, 2.75) is 13.3 Å². The molecule has 5 heteroatoms. The van der Waals surface area contributed by atoms with Crippen molar-refractivity contribution < 1.29 is 0 Å². The molecule has 2 N–H and O–H groups in total. The summed E-state index contributed by atoms with van der Waals surface area (Å²) in [5, 5.41) is 3.18. The van der Waals surface area contributed by atoms with Gasteiger partial charge in [-0.15, -0.1) is 11.3 Å². The van der Waals surface area contributed by atoms with Gasteiger partial charge in [0, 0.05) is 24.4 Å². The number of rotatable bonds is 3. The lowest BCUT2D eigenvalue weighted by Gasteiger charge is -1.99. The van der Waals surface area contributed by atoms with Crippen LogP contribution in [0.1, 0.15) is 10.8 Å². The molecule has 0 aliphatic heterocycles. The fourth-order valence-electron chi connectivity index (χ4n) is 2.16. The minimum absolute atomic E-state index is 0.644. The van der Waals surface area contributed by atoms with Crippen molar-refractivity contribution in [3.05, 3.63) is 34.4 Å². The molecule has 98 valence electrons. The van der Waals surface area contributed by atoms with Crippen LogP contribution in [0.15, 0.2) is 23.6 Å². The van der Waals surface area contributed by atoms with Gasteiger partial charge in [-0.1, -0.05) is 6.07 Å². The summed E-state index contributed by atoms with van der Waals surface area (Å²) >= 11 is 1.67. The molecule has 4 nitrogen and oxygen atoms in total. The van der Waals surface area contributed by atoms with Gasteiger partial charge in [-0.25, -0.2) is 9.97 Å². The molecule has 0 aliphatic rings. The molecule has 19 heavy (non-hydrogen) atoms. The fourth-order valence-corrected chi connectivity index (χ4v) is 2.98. The molecule has 0 atom stereocenters. The Bertz CT molecular complexity index is 726. The second kappa shape index (κ2) is 4.75. The highest BCUT2D eigenvalue weighted by atomic mass is 32.1. The average molecular weight is 272 g/mol. The van der Waals surface area contributed by atoms with Gasteiger partial charge in [0.2, 0.25) is 0 Å². The van der Waals surface area contributed by atoms with Crippen LogP contribution < -0.4 is 5.73 Å². The van der Waals surface area contributed by atoms with Gasteiger partial charge in [0.15, 0.2) is 0 Å². The number of fused-ring (bicyclic) bond motifs is 1. The molecule has 0 fully saturated rings. The summed E-state index contributed by atoms with van der Waals surface area (Å²) in [7, 11) is 2.03. The number of nitrogens with zero attached hydrogens (tertiary/aromatic N) is 3. The molecule has 2 aromatic heterocycles. The standard InChI is InChI=1S/C14H16N4S/c1-9-16-11-7-10(3-4-13(11)18(9)2)12-8-19-14(17-12)5-6-15/h3-4,7-8H,5-6,15H2,1-2H3. The molecule has 0 spiro atoms. The third kappa shape index (κ3) is 2.15. The third-order valence-corrected chi connectivity index (χ3v) is 4.22. The van der Waals surface area contributed by atoms with Crippen LogP contribution in [0, 0.1) is 6.92 Å². The first-order valence-electron chi connectivity index (χ1n) is 6.27. The summed E-state index contributed by atoms with van der Waals surface area (Å²) in [6.07, 6.45) is 0.843. The van der Waals surface area contributed by atoms with Gasteiger partial charge in [-0.2, -0.15) is 0 Å². The highest BCUT2D eigenvalue weighted by molar-refractivity contribution is 7.09. The van der Waals surface area contributed by atoms with E-state index in [4.69, 9.17) is 5.73 Å². The molecule has 0 aliphatic carbocycles. The molecule has 1 aromatic carbocycles. The molecule has 0 bridgehead atoms. The van der Waals surface area contributed by atoms with E-state index in [2.05, 4.69) is 38.1 Å². The molecule has 2 heterocycles. The van der Waals surface area contributed by atoms with Gasteiger partial charge in [-0.3, -0.25) is 0 Å². The van der Waals surface area contributed by atoms with Crippen LogP contribution in [0.2, 0.25) is 0 Å². The molecule has 3 aromatic rings. The highest BCUT2D eigenvalue weighted by Gasteiger charge is 2.08. The molecule has 0 amide bonds. The van der Waals surface area contributed by atoms with Crippen molar-refractivity contribution in [1.29, 1.82) is 0 Å². The second-order valence-corrected chi connectivity index (χ2v) is 5.53. The molecule has 3 rings (SSSR count). The zero-order valence-electron chi connectivity index (χ0n) is 11.1. The number of hydrogen-bond donors (Lipinski definition) is 1. The first-order chi connectivity index (χ1) is 9.19.